The molecule has 2 aliphatic rings. The average molecular weight is 559 g/mol. The zero-order chi connectivity index (χ0) is 23.3. The van der Waals surface area contributed by atoms with Crippen LogP contribution in [0.15, 0.2) is 53.1 Å². The predicted molar refractivity (Wildman–Crippen MR) is 155 cm³/mol. The zero-order valence-corrected chi connectivity index (χ0v) is 23.5. The molecule has 0 bridgehead atoms. The molecule has 1 aliphatic carbocycles. The lowest BCUT2D eigenvalue weighted by Crippen LogP contribution is -2.40. The third-order valence-corrected chi connectivity index (χ3v) is 8.57. The molecule has 35 heavy (non-hydrogen) atoms. The van der Waals surface area contributed by atoms with Gasteiger partial charge in [-0.25, -0.2) is 0 Å². The number of piperidine rings is 1. The van der Waals surface area contributed by atoms with Crippen molar-refractivity contribution >= 4 is 39.2 Å². The quantitative estimate of drug-likeness (QED) is 0.298. The molecule has 1 aromatic heterocycles. The SMILES string of the molecule is Cc1cccc(C(CCNC2CCNCC2)c2cn(CC3CCCCC3)c3ccc(Br)cc23)c1.Cl. The fourth-order valence-corrected chi connectivity index (χ4v) is 6.58. The maximum Gasteiger partial charge on any atom is 0.0484 e. The van der Waals surface area contributed by atoms with Crippen LogP contribution in [0.3, 0.4) is 0 Å². The van der Waals surface area contributed by atoms with Gasteiger partial charge in [0.2, 0.25) is 0 Å². The molecule has 5 heteroatoms. The number of aryl methyl sites for hydroxylation is 1. The summed E-state index contributed by atoms with van der Waals surface area (Å²) in [5.74, 6) is 1.22. The topological polar surface area (TPSA) is 29.0 Å². The van der Waals surface area contributed by atoms with E-state index in [1.807, 2.05) is 0 Å². The number of nitrogens with zero attached hydrogens (tertiary/aromatic N) is 1. The second-order valence-electron chi connectivity index (χ2n) is 10.6. The standard InChI is InChI=1S/C30H40BrN3.ClH/c1-22-6-5-9-24(18-22)27(14-17-33-26-12-15-32-16-13-26)29-21-34(20-23-7-3-2-4-8-23)30-11-10-25(31)19-28(29)30;/h5-6,9-11,18-19,21,23,26-27,32-33H,2-4,7-8,12-17,20H2,1H3;1H. The van der Waals surface area contributed by atoms with Gasteiger partial charge in [-0.15, -0.1) is 12.4 Å². The van der Waals surface area contributed by atoms with E-state index in [0.717, 1.165) is 38.5 Å². The minimum Gasteiger partial charge on any atom is -0.347 e. The Balaban J connectivity index is 0.00000289. The van der Waals surface area contributed by atoms with E-state index in [1.54, 1.807) is 0 Å². The molecule has 1 aliphatic heterocycles. The fraction of sp³-hybridized carbons (Fsp3) is 0.533. The lowest BCUT2D eigenvalue weighted by Gasteiger charge is -2.25. The molecule has 0 spiro atoms. The summed E-state index contributed by atoms with van der Waals surface area (Å²) in [6, 6.07) is 16.7. The van der Waals surface area contributed by atoms with Gasteiger partial charge >= 0.3 is 0 Å². The third-order valence-electron chi connectivity index (χ3n) is 8.08. The van der Waals surface area contributed by atoms with Gasteiger partial charge in [-0.2, -0.15) is 0 Å². The maximum absolute atomic E-state index is 3.88. The van der Waals surface area contributed by atoms with E-state index in [-0.39, 0.29) is 12.4 Å². The van der Waals surface area contributed by atoms with E-state index < -0.39 is 0 Å². The highest BCUT2D eigenvalue weighted by Crippen LogP contribution is 2.37. The summed E-state index contributed by atoms with van der Waals surface area (Å²) in [7, 11) is 0. The highest BCUT2D eigenvalue weighted by atomic mass is 79.9. The Bertz CT molecular complexity index is 1080. The van der Waals surface area contributed by atoms with E-state index in [0.29, 0.717) is 12.0 Å². The van der Waals surface area contributed by atoms with Crippen LogP contribution >= 0.6 is 28.3 Å². The fourth-order valence-electron chi connectivity index (χ4n) is 6.22. The molecule has 2 fully saturated rings. The first-order chi connectivity index (χ1) is 16.7. The molecule has 1 saturated heterocycles. The normalized spacial score (nSPS) is 18.5. The molecule has 2 heterocycles. The summed E-state index contributed by atoms with van der Waals surface area (Å²) in [6.07, 6.45) is 13.1. The Morgan fingerprint density at radius 1 is 1.03 bits per heavy atom. The van der Waals surface area contributed by atoms with E-state index in [9.17, 15) is 0 Å². The van der Waals surface area contributed by atoms with Gasteiger partial charge in [0.15, 0.2) is 0 Å². The number of benzene rings is 2. The van der Waals surface area contributed by atoms with Crippen molar-refractivity contribution in [3.8, 4) is 0 Å². The molecular weight excluding hydrogens is 518 g/mol. The first-order valence-corrected chi connectivity index (χ1v) is 14.3. The monoisotopic (exact) mass is 557 g/mol. The van der Waals surface area contributed by atoms with Crippen LogP contribution in [0.25, 0.3) is 10.9 Å². The summed E-state index contributed by atoms with van der Waals surface area (Å²) < 4.78 is 3.75. The Hall–Kier alpha value is -1.33. The van der Waals surface area contributed by atoms with Crippen LogP contribution in [0.4, 0.5) is 0 Å². The van der Waals surface area contributed by atoms with Crippen molar-refractivity contribution in [1.82, 2.24) is 15.2 Å². The summed E-state index contributed by atoms with van der Waals surface area (Å²) in [6.45, 7) is 6.72. The molecule has 0 radical (unpaired) electrons. The maximum atomic E-state index is 3.88. The summed E-state index contributed by atoms with van der Waals surface area (Å²) in [5.41, 5.74) is 5.68. The average Bonchev–Trinajstić information content (AvgIpc) is 3.20. The van der Waals surface area contributed by atoms with Gasteiger partial charge in [-0.1, -0.05) is 65.0 Å². The van der Waals surface area contributed by atoms with Crippen molar-refractivity contribution in [2.24, 2.45) is 5.92 Å². The molecule has 3 nitrogen and oxygen atoms in total. The van der Waals surface area contributed by atoms with Gasteiger partial charge in [-0.3, -0.25) is 0 Å². The van der Waals surface area contributed by atoms with Crippen molar-refractivity contribution in [3.05, 3.63) is 69.8 Å². The van der Waals surface area contributed by atoms with Crippen LogP contribution in [-0.2, 0) is 6.54 Å². The van der Waals surface area contributed by atoms with Gasteiger partial charge in [0.05, 0.1) is 0 Å². The van der Waals surface area contributed by atoms with E-state index >= 15 is 0 Å². The number of hydrogen-bond acceptors (Lipinski definition) is 2. The molecule has 3 aromatic rings. The van der Waals surface area contributed by atoms with Gasteiger partial charge in [-0.05, 0) is 93.9 Å². The highest BCUT2D eigenvalue weighted by Gasteiger charge is 2.23. The molecular formula is C30H41BrClN3. The van der Waals surface area contributed by atoms with Crippen molar-refractivity contribution in [3.63, 3.8) is 0 Å². The number of hydrogen-bond donors (Lipinski definition) is 2. The smallest absolute Gasteiger partial charge is 0.0484 e. The highest BCUT2D eigenvalue weighted by molar-refractivity contribution is 9.10. The zero-order valence-electron chi connectivity index (χ0n) is 21.1. The summed E-state index contributed by atoms with van der Waals surface area (Å²) >= 11 is 3.77. The number of aromatic nitrogens is 1. The molecule has 1 saturated carbocycles. The van der Waals surface area contributed by atoms with Crippen LogP contribution in [0.5, 0.6) is 0 Å². The van der Waals surface area contributed by atoms with Crippen LogP contribution in [0.2, 0.25) is 0 Å². The van der Waals surface area contributed by atoms with Crippen molar-refractivity contribution in [2.45, 2.75) is 76.8 Å². The van der Waals surface area contributed by atoms with E-state index in [2.05, 4.69) is 86.7 Å². The van der Waals surface area contributed by atoms with Crippen LogP contribution in [0.1, 0.15) is 74.0 Å². The number of rotatable bonds is 8. The molecule has 0 amide bonds. The Kier molecular flexibility index (Phi) is 9.75. The Morgan fingerprint density at radius 3 is 2.60 bits per heavy atom. The second-order valence-corrected chi connectivity index (χ2v) is 11.6. The van der Waals surface area contributed by atoms with Crippen LogP contribution in [0, 0.1) is 12.8 Å². The second kappa shape index (κ2) is 12.8. The van der Waals surface area contributed by atoms with E-state index in [4.69, 9.17) is 0 Å². The molecule has 1 atom stereocenters. The number of halogens is 2. The first kappa shape index (κ1) is 26.7. The van der Waals surface area contributed by atoms with Crippen molar-refractivity contribution < 1.29 is 0 Å². The lowest BCUT2D eigenvalue weighted by atomic mass is 9.87. The van der Waals surface area contributed by atoms with Gasteiger partial charge in [0, 0.05) is 40.1 Å². The van der Waals surface area contributed by atoms with Gasteiger partial charge in [0.25, 0.3) is 0 Å². The minimum absolute atomic E-state index is 0. The molecule has 1 unspecified atom stereocenters. The number of nitrogens with one attached hydrogen (secondary N) is 2. The Morgan fingerprint density at radius 2 is 1.83 bits per heavy atom. The molecule has 5 rings (SSSR count). The predicted octanol–water partition coefficient (Wildman–Crippen LogP) is 7.58. The van der Waals surface area contributed by atoms with Crippen molar-refractivity contribution in [1.29, 1.82) is 0 Å². The van der Waals surface area contributed by atoms with Crippen molar-refractivity contribution in [2.75, 3.05) is 19.6 Å². The minimum atomic E-state index is 0. The first-order valence-electron chi connectivity index (χ1n) is 13.5. The summed E-state index contributed by atoms with van der Waals surface area (Å²) in [4.78, 5) is 0. The Labute approximate surface area is 226 Å². The summed E-state index contributed by atoms with van der Waals surface area (Å²) in [5, 5.41) is 8.78. The molecule has 190 valence electrons. The largest absolute Gasteiger partial charge is 0.347 e. The lowest BCUT2D eigenvalue weighted by molar-refractivity contribution is 0.322. The number of fused-ring (bicyclic) bond motifs is 1. The van der Waals surface area contributed by atoms with Gasteiger partial charge in [0.1, 0.15) is 0 Å². The molecule has 2 aromatic carbocycles. The van der Waals surface area contributed by atoms with Crippen LogP contribution < -0.4 is 10.6 Å². The van der Waals surface area contributed by atoms with Crippen LogP contribution in [-0.4, -0.2) is 30.2 Å². The third kappa shape index (κ3) is 6.71. The van der Waals surface area contributed by atoms with Gasteiger partial charge < -0.3 is 15.2 Å². The van der Waals surface area contributed by atoms with E-state index in [1.165, 1.54) is 77.0 Å². The molecule has 2 N–H and O–H groups in total.